The lowest BCUT2D eigenvalue weighted by Gasteiger charge is -2.15. The molecule has 0 bridgehead atoms. The molecule has 0 aliphatic carbocycles. The Morgan fingerprint density at radius 3 is 2.67 bits per heavy atom. The molecule has 80 valence electrons. The number of amides is 1. The SMILES string of the molecule is Cc1ccc([C@H](Cl)[C@H]2COC(=O)N2)cc1. The van der Waals surface area contributed by atoms with Crippen molar-refractivity contribution >= 4 is 17.7 Å². The Morgan fingerprint density at radius 1 is 1.47 bits per heavy atom. The van der Waals surface area contributed by atoms with Crippen molar-refractivity contribution in [3.8, 4) is 0 Å². The van der Waals surface area contributed by atoms with Crippen molar-refractivity contribution in [3.05, 3.63) is 35.4 Å². The predicted octanol–water partition coefficient (Wildman–Crippen LogP) is 2.38. The van der Waals surface area contributed by atoms with Gasteiger partial charge in [-0.3, -0.25) is 0 Å². The van der Waals surface area contributed by atoms with Gasteiger partial charge in [-0.05, 0) is 12.5 Å². The van der Waals surface area contributed by atoms with Gasteiger partial charge < -0.3 is 10.1 Å². The Bertz CT molecular complexity index is 363. The van der Waals surface area contributed by atoms with Crippen LogP contribution >= 0.6 is 11.6 Å². The van der Waals surface area contributed by atoms with Gasteiger partial charge in [0.1, 0.15) is 6.61 Å². The molecule has 2 atom stereocenters. The molecule has 0 saturated carbocycles. The number of benzene rings is 1. The van der Waals surface area contributed by atoms with Crippen molar-refractivity contribution in [3.63, 3.8) is 0 Å². The van der Waals surface area contributed by atoms with E-state index in [1.54, 1.807) is 0 Å². The standard InChI is InChI=1S/C11H12ClNO2/c1-7-2-4-8(5-3-7)10(12)9-6-15-11(14)13-9/h2-5,9-10H,6H2,1H3,(H,13,14)/t9-,10+/m1/s1. The van der Waals surface area contributed by atoms with Gasteiger partial charge in [0.25, 0.3) is 0 Å². The number of hydrogen-bond acceptors (Lipinski definition) is 2. The van der Waals surface area contributed by atoms with E-state index in [4.69, 9.17) is 16.3 Å². The van der Waals surface area contributed by atoms with Crippen LogP contribution in [0, 0.1) is 6.92 Å². The molecule has 0 spiro atoms. The van der Waals surface area contributed by atoms with Gasteiger partial charge in [0.15, 0.2) is 0 Å². The van der Waals surface area contributed by atoms with E-state index in [1.165, 1.54) is 5.56 Å². The first-order valence-electron chi connectivity index (χ1n) is 4.81. The second kappa shape index (κ2) is 4.11. The van der Waals surface area contributed by atoms with E-state index in [9.17, 15) is 4.79 Å². The molecule has 1 saturated heterocycles. The molecule has 0 unspecified atom stereocenters. The zero-order valence-corrected chi connectivity index (χ0v) is 9.12. The Labute approximate surface area is 93.4 Å². The fourth-order valence-electron chi connectivity index (χ4n) is 1.54. The highest BCUT2D eigenvalue weighted by Gasteiger charge is 2.29. The van der Waals surface area contributed by atoms with Crippen molar-refractivity contribution in [2.24, 2.45) is 0 Å². The largest absolute Gasteiger partial charge is 0.447 e. The third-order valence-corrected chi connectivity index (χ3v) is 3.00. The van der Waals surface area contributed by atoms with E-state index < -0.39 is 6.09 Å². The molecule has 0 aromatic heterocycles. The molecule has 0 radical (unpaired) electrons. The van der Waals surface area contributed by atoms with Gasteiger partial charge in [0.2, 0.25) is 0 Å². The van der Waals surface area contributed by atoms with Crippen LogP contribution in [0.15, 0.2) is 24.3 Å². The average Bonchev–Trinajstić information content (AvgIpc) is 2.65. The van der Waals surface area contributed by atoms with Crippen molar-refractivity contribution in [2.45, 2.75) is 18.3 Å². The number of ether oxygens (including phenoxy) is 1. The molecule has 2 rings (SSSR count). The van der Waals surface area contributed by atoms with Gasteiger partial charge in [-0.15, -0.1) is 11.6 Å². The van der Waals surface area contributed by atoms with E-state index in [-0.39, 0.29) is 11.4 Å². The second-order valence-electron chi connectivity index (χ2n) is 3.66. The predicted molar refractivity (Wildman–Crippen MR) is 58.0 cm³/mol. The summed E-state index contributed by atoms with van der Waals surface area (Å²) >= 11 is 6.24. The van der Waals surface area contributed by atoms with Gasteiger partial charge in [-0.2, -0.15) is 0 Å². The van der Waals surface area contributed by atoms with Crippen LogP contribution in [0.4, 0.5) is 4.79 Å². The minimum absolute atomic E-state index is 0.137. The normalized spacial score (nSPS) is 22.0. The number of halogens is 1. The summed E-state index contributed by atoms with van der Waals surface area (Å²) in [5.41, 5.74) is 2.19. The molecule has 3 nitrogen and oxygen atoms in total. The fourth-order valence-corrected chi connectivity index (χ4v) is 1.82. The second-order valence-corrected chi connectivity index (χ2v) is 4.13. The quantitative estimate of drug-likeness (QED) is 0.785. The number of alkyl halides is 1. The molecule has 1 heterocycles. The zero-order chi connectivity index (χ0) is 10.8. The number of aryl methyl sites for hydroxylation is 1. The third kappa shape index (κ3) is 2.23. The summed E-state index contributed by atoms with van der Waals surface area (Å²) < 4.78 is 4.80. The number of hydrogen-bond donors (Lipinski definition) is 1. The molecule has 1 amide bonds. The van der Waals surface area contributed by atoms with Crippen molar-refractivity contribution in [2.75, 3.05) is 6.61 Å². The molecule has 1 aliphatic heterocycles. The van der Waals surface area contributed by atoms with Crippen LogP contribution in [0.25, 0.3) is 0 Å². The maximum Gasteiger partial charge on any atom is 0.407 e. The highest BCUT2D eigenvalue weighted by atomic mass is 35.5. The van der Waals surface area contributed by atoms with E-state index >= 15 is 0 Å². The Kier molecular flexibility index (Phi) is 2.82. The lowest BCUT2D eigenvalue weighted by atomic mass is 10.0. The van der Waals surface area contributed by atoms with Gasteiger partial charge >= 0.3 is 6.09 Å². The van der Waals surface area contributed by atoms with Gasteiger partial charge in [-0.25, -0.2) is 4.79 Å². The number of carbonyl (C=O) groups excluding carboxylic acids is 1. The number of cyclic esters (lactones) is 1. The maximum absolute atomic E-state index is 10.9. The molecule has 1 aliphatic rings. The molecular formula is C11H12ClNO2. The maximum atomic E-state index is 10.9. The Morgan fingerprint density at radius 2 is 2.13 bits per heavy atom. The monoisotopic (exact) mass is 225 g/mol. The van der Waals surface area contributed by atoms with Crippen LogP contribution in [-0.4, -0.2) is 18.7 Å². The molecule has 1 fully saturated rings. The number of nitrogens with one attached hydrogen (secondary N) is 1. The van der Waals surface area contributed by atoms with Crippen LogP contribution in [0.5, 0.6) is 0 Å². The summed E-state index contributed by atoms with van der Waals surface area (Å²) in [4.78, 5) is 10.9. The highest BCUT2D eigenvalue weighted by molar-refractivity contribution is 6.21. The lowest BCUT2D eigenvalue weighted by Crippen LogP contribution is -2.30. The fraction of sp³-hybridized carbons (Fsp3) is 0.364. The van der Waals surface area contributed by atoms with Gasteiger partial charge in [0.05, 0.1) is 11.4 Å². The van der Waals surface area contributed by atoms with Crippen molar-refractivity contribution in [1.29, 1.82) is 0 Å². The summed E-state index contributed by atoms with van der Waals surface area (Å²) in [7, 11) is 0. The van der Waals surface area contributed by atoms with E-state index in [0.717, 1.165) is 5.56 Å². The number of alkyl carbamates (subject to hydrolysis) is 1. The lowest BCUT2D eigenvalue weighted by molar-refractivity contribution is 0.176. The molecular weight excluding hydrogens is 214 g/mol. The smallest absolute Gasteiger partial charge is 0.407 e. The minimum Gasteiger partial charge on any atom is -0.447 e. The molecule has 15 heavy (non-hydrogen) atoms. The minimum atomic E-state index is -0.391. The Balaban J connectivity index is 2.10. The summed E-state index contributed by atoms with van der Waals surface area (Å²) in [6.45, 7) is 2.36. The van der Waals surface area contributed by atoms with Crippen LogP contribution in [0.3, 0.4) is 0 Å². The van der Waals surface area contributed by atoms with E-state index in [0.29, 0.717) is 6.61 Å². The summed E-state index contributed by atoms with van der Waals surface area (Å²) in [5.74, 6) is 0. The summed E-state index contributed by atoms with van der Waals surface area (Å²) in [5, 5.41) is 2.43. The van der Waals surface area contributed by atoms with E-state index in [1.807, 2.05) is 31.2 Å². The molecule has 1 aromatic carbocycles. The average molecular weight is 226 g/mol. The van der Waals surface area contributed by atoms with Crippen LogP contribution in [-0.2, 0) is 4.74 Å². The van der Waals surface area contributed by atoms with Crippen LogP contribution in [0.2, 0.25) is 0 Å². The number of rotatable bonds is 2. The molecule has 1 aromatic rings. The summed E-state index contributed by atoms with van der Waals surface area (Å²) in [6, 6.07) is 7.81. The number of carbonyl (C=O) groups is 1. The van der Waals surface area contributed by atoms with Crippen LogP contribution < -0.4 is 5.32 Å². The zero-order valence-electron chi connectivity index (χ0n) is 8.37. The van der Waals surface area contributed by atoms with Crippen molar-refractivity contribution in [1.82, 2.24) is 5.32 Å². The van der Waals surface area contributed by atoms with Gasteiger partial charge in [0, 0.05) is 0 Å². The highest BCUT2D eigenvalue weighted by Crippen LogP contribution is 2.26. The topological polar surface area (TPSA) is 38.3 Å². The first-order valence-corrected chi connectivity index (χ1v) is 5.24. The first kappa shape index (κ1) is 10.3. The van der Waals surface area contributed by atoms with Crippen LogP contribution in [0.1, 0.15) is 16.5 Å². The van der Waals surface area contributed by atoms with Gasteiger partial charge in [-0.1, -0.05) is 29.8 Å². The molecule has 4 heteroatoms. The van der Waals surface area contributed by atoms with E-state index in [2.05, 4.69) is 5.32 Å². The Hall–Kier alpha value is -1.22. The first-order chi connectivity index (χ1) is 7.16. The summed E-state index contributed by atoms with van der Waals surface area (Å²) in [6.07, 6.45) is -0.391. The molecule has 1 N–H and O–H groups in total. The third-order valence-electron chi connectivity index (χ3n) is 2.45. The van der Waals surface area contributed by atoms with Crippen molar-refractivity contribution < 1.29 is 9.53 Å².